The lowest BCUT2D eigenvalue weighted by molar-refractivity contribution is 0.0817. The zero-order chi connectivity index (χ0) is 12.3. The van der Waals surface area contributed by atoms with Crippen LogP contribution in [0.2, 0.25) is 0 Å². The second-order valence-electron chi connectivity index (χ2n) is 5.08. The summed E-state index contributed by atoms with van der Waals surface area (Å²) in [5, 5.41) is 3.43. The van der Waals surface area contributed by atoms with Crippen LogP contribution in [-0.2, 0) is 6.54 Å². The second-order valence-corrected chi connectivity index (χ2v) is 5.08. The number of hydrogen-bond donors (Lipinski definition) is 1. The van der Waals surface area contributed by atoms with Gasteiger partial charge in [0.15, 0.2) is 0 Å². The summed E-state index contributed by atoms with van der Waals surface area (Å²) >= 11 is 0. The predicted octanol–water partition coefficient (Wildman–Crippen LogP) is 1.27. The average molecular weight is 235 g/mol. The van der Waals surface area contributed by atoms with Crippen molar-refractivity contribution in [3.8, 4) is 5.88 Å². The van der Waals surface area contributed by atoms with E-state index in [0.717, 1.165) is 37.6 Å². The largest absolute Gasteiger partial charge is 0.481 e. The van der Waals surface area contributed by atoms with Crippen LogP contribution in [0.3, 0.4) is 0 Å². The molecule has 0 spiro atoms. The van der Waals surface area contributed by atoms with Crippen molar-refractivity contribution in [2.24, 2.45) is 0 Å². The highest BCUT2D eigenvalue weighted by Crippen LogP contribution is 2.22. The van der Waals surface area contributed by atoms with Gasteiger partial charge in [-0.1, -0.05) is 6.07 Å². The summed E-state index contributed by atoms with van der Waals surface area (Å²) in [6.45, 7) is 8.56. The van der Waals surface area contributed by atoms with Gasteiger partial charge in [0.05, 0.1) is 7.11 Å². The zero-order valence-corrected chi connectivity index (χ0v) is 10.9. The average Bonchev–Trinajstić information content (AvgIpc) is 2.32. The van der Waals surface area contributed by atoms with E-state index in [-0.39, 0.29) is 5.54 Å². The molecule has 1 aromatic rings. The smallest absolute Gasteiger partial charge is 0.217 e. The van der Waals surface area contributed by atoms with Crippen molar-refractivity contribution in [1.29, 1.82) is 0 Å². The molecule has 0 bridgehead atoms. The molecule has 4 nitrogen and oxygen atoms in total. The highest BCUT2D eigenvalue weighted by Gasteiger charge is 2.29. The summed E-state index contributed by atoms with van der Waals surface area (Å²) in [4.78, 5) is 6.72. The minimum Gasteiger partial charge on any atom is -0.481 e. The van der Waals surface area contributed by atoms with Crippen molar-refractivity contribution < 1.29 is 4.74 Å². The standard InChI is InChI=1S/C13H21N3O/c1-13(2)10-14-7-8-16(13)9-11-5-4-6-15-12(11)17-3/h4-6,14H,7-10H2,1-3H3. The van der Waals surface area contributed by atoms with Gasteiger partial charge >= 0.3 is 0 Å². The van der Waals surface area contributed by atoms with Crippen molar-refractivity contribution in [2.45, 2.75) is 25.9 Å². The maximum Gasteiger partial charge on any atom is 0.217 e. The summed E-state index contributed by atoms with van der Waals surface area (Å²) in [5.74, 6) is 0.738. The lowest BCUT2D eigenvalue weighted by atomic mass is 9.99. The third-order valence-electron chi connectivity index (χ3n) is 3.38. The maximum absolute atomic E-state index is 5.30. The van der Waals surface area contributed by atoms with Gasteiger partial charge in [-0.15, -0.1) is 0 Å². The Bertz CT molecular complexity index is 379. The molecule has 2 heterocycles. The third kappa shape index (κ3) is 2.76. The normalized spacial score (nSPS) is 20.2. The molecule has 2 rings (SSSR count). The fourth-order valence-electron chi connectivity index (χ4n) is 2.25. The van der Waals surface area contributed by atoms with Crippen LogP contribution in [-0.4, -0.2) is 42.2 Å². The van der Waals surface area contributed by atoms with Crippen LogP contribution in [0.4, 0.5) is 0 Å². The van der Waals surface area contributed by atoms with Crippen LogP contribution >= 0.6 is 0 Å². The van der Waals surface area contributed by atoms with Crippen molar-refractivity contribution in [3.05, 3.63) is 23.9 Å². The van der Waals surface area contributed by atoms with Gasteiger partial charge in [0, 0.05) is 43.5 Å². The highest BCUT2D eigenvalue weighted by atomic mass is 16.5. The third-order valence-corrected chi connectivity index (χ3v) is 3.38. The van der Waals surface area contributed by atoms with Crippen molar-refractivity contribution >= 4 is 0 Å². The quantitative estimate of drug-likeness (QED) is 0.856. The molecule has 1 aliphatic heterocycles. The Morgan fingerprint density at radius 1 is 1.53 bits per heavy atom. The molecule has 0 amide bonds. The first-order valence-electron chi connectivity index (χ1n) is 6.07. The number of pyridine rings is 1. The van der Waals surface area contributed by atoms with E-state index >= 15 is 0 Å². The summed E-state index contributed by atoms with van der Waals surface area (Å²) in [5.41, 5.74) is 1.34. The molecule has 1 aliphatic rings. The molecule has 0 aliphatic carbocycles. The van der Waals surface area contributed by atoms with Crippen molar-refractivity contribution in [1.82, 2.24) is 15.2 Å². The second kappa shape index (κ2) is 5.02. The summed E-state index contributed by atoms with van der Waals surface area (Å²) < 4.78 is 5.30. The highest BCUT2D eigenvalue weighted by molar-refractivity contribution is 5.25. The van der Waals surface area contributed by atoms with E-state index in [1.54, 1.807) is 13.3 Å². The molecule has 1 saturated heterocycles. The number of piperazine rings is 1. The Balaban J connectivity index is 2.14. The minimum absolute atomic E-state index is 0.180. The predicted molar refractivity (Wildman–Crippen MR) is 68.1 cm³/mol. The molecule has 0 aromatic carbocycles. The molecular formula is C13H21N3O. The van der Waals surface area contributed by atoms with Gasteiger partial charge in [0.1, 0.15) is 0 Å². The van der Waals surface area contributed by atoms with Crippen LogP contribution in [0.25, 0.3) is 0 Å². The molecule has 17 heavy (non-hydrogen) atoms. The molecule has 0 radical (unpaired) electrons. The van der Waals surface area contributed by atoms with Crippen LogP contribution in [0.1, 0.15) is 19.4 Å². The molecule has 1 aromatic heterocycles. The molecule has 94 valence electrons. The SMILES string of the molecule is COc1ncccc1CN1CCNCC1(C)C. The zero-order valence-electron chi connectivity index (χ0n) is 10.9. The number of rotatable bonds is 3. The number of nitrogens with one attached hydrogen (secondary N) is 1. The fraction of sp³-hybridized carbons (Fsp3) is 0.615. The molecule has 0 saturated carbocycles. The lowest BCUT2D eigenvalue weighted by Gasteiger charge is -2.42. The monoisotopic (exact) mass is 235 g/mol. The number of aromatic nitrogens is 1. The van der Waals surface area contributed by atoms with Crippen molar-refractivity contribution in [3.63, 3.8) is 0 Å². The van der Waals surface area contributed by atoms with E-state index in [0.29, 0.717) is 0 Å². The first-order valence-corrected chi connectivity index (χ1v) is 6.07. The Hall–Kier alpha value is -1.13. The Morgan fingerprint density at radius 2 is 2.35 bits per heavy atom. The number of nitrogens with zero attached hydrogens (tertiary/aromatic N) is 2. The van der Waals surface area contributed by atoms with E-state index in [1.807, 2.05) is 6.07 Å². The first-order chi connectivity index (χ1) is 8.13. The fourth-order valence-corrected chi connectivity index (χ4v) is 2.25. The maximum atomic E-state index is 5.30. The first kappa shape index (κ1) is 12.3. The van der Waals surface area contributed by atoms with Gasteiger partial charge in [0.25, 0.3) is 0 Å². The van der Waals surface area contributed by atoms with Gasteiger partial charge in [-0.05, 0) is 19.9 Å². The van der Waals surface area contributed by atoms with E-state index in [9.17, 15) is 0 Å². The summed E-state index contributed by atoms with van der Waals surface area (Å²) in [7, 11) is 1.68. The molecule has 0 unspecified atom stereocenters. The van der Waals surface area contributed by atoms with Gasteiger partial charge in [-0.25, -0.2) is 4.98 Å². The molecule has 4 heteroatoms. The molecular weight excluding hydrogens is 214 g/mol. The Labute approximate surface area is 103 Å². The van der Waals surface area contributed by atoms with Crippen LogP contribution in [0, 0.1) is 0 Å². The van der Waals surface area contributed by atoms with Crippen LogP contribution < -0.4 is 10.1 Å². The summed E-state index contributed by atoms with van der Waals surface area (Å²) in [6, 6.07) is 4.05. The van der Waals surface area contributed by atoms with Crippen LogP contribution in [0.15, 0.2) is 18.3 Å². The number of methoxy groups -OCH3 is 1. The van der Waals surface area contributed by atoms with Gasteiger partial charge in [-0.3, -0.25) is 4.90 Å². The van der Waals surface area contributed by atoms with E-state index in [1.165, 1.54) is 0 Å². The van der Waals surface area contributed by atoms with E-state index in [4.69, 9.17) is 4.74 Å². The lowest BCUT2D eigenvalue weighted by Crippen LogP contribution is -2.57. The Morgan fingerprint density at radius 3 is 3.06 bits per heavy atom. The van der Waals surface area contributed by atoms with Gasteiger partial charge in [0.2, 0.25) is 5.88 Å². The van der Waals surface area contributed by atoms with Gasteiger partial charge < -0.3 is 10.1 Å². The van der Waals surface area contributed by atoms with Gasteiger partial charge in [-0.2, -0.15) is 0 Å². The molecule has 1 fully saturated rings. The van der Waals surface area contributed by atoms with E-state index < -0.39 is 0 Å². The van der Waals surface area contributed by atoms with E-state index in [2.05, 4.69) is 35.1 Å². The molecule has 0 atom stereocenters. The van der Waals surface area contributed by atoms with Crippen LogP contribution in [0.5, 0.6) is 5.88 Å². The molecule has 1 N–H and O–H groups in total. The van der Waals surface area contributed by atoms with Crippen molar-refractivity contribution in [2.75, 3.05) is 26.7 Å². The summed E-state index contributed by atoms with van der Waals surface area (Å²) in [6.07, 6.45) is 1.77. The minimum atomic E-state index is 0.180. The topological polar surface area (TPSA) is 37.4 Å². The number of hydrogen-bond acceptors (Lipinski definition) is 4. The number of ether oxygens (including phenoxy) is 1. The Kier molecular flexibility index (Phi) is 3.64.